The van der Waals surface area contributed by atoms with Crippen molar-refractivity contribution in [2.45, 2.75) is 0 Å². The molecule has 1 aliphatic heterocycles. The predicted octanol–water partition coefficient (Wildman–Crippen LogP) is 6.42. The minimum absolute atomic E-state index is 0. The van der Waals surface area contributed by atoms with Crippen LogP contribution in [0.15, 0.2) is 116 Å². The van der Waals surface area contributed by atoms with Crippen molar-refractivity contribution < 1.29 is 22.4 Å². The first-order valence-corrected chi connectivity index (χ1v) is 10.4. The number of para-hydroxylation sites is 3. The van der Waals surface area contributed by atoms with Crippen molar-refractivity contribution >= 4 is 33.2 Å². The summed E-state index contributed by atoms with van der Waals surface area (Å²) in [5.41, 5.74) is 4.88. The second kappa shape index (κ2) is 10.2. The summed E-state index contributed by atoms with van der Waals surface area (Å²) in [6.07, 6.45) is 4.12. The number of benzene rings is 4. The first-order chi connectivity index (χ1) is 15.8. The van der Waals surface area contributed by atoms with E-state index in [-0.39, 0.29) is 22.4 Å². The van der Waals surface area contributed by atoms with Crippen molar-refractivity contribution in [1.29, 1.82) is 5.26 Å². The van der Waals surface area contributed by atoms with Crippen LogP contribution < -0.4 is 14.8 Å². The monoisotopic (exact) mass is 609 g/mol. The summed E-state index contributed by atoms with van der Waals surface area (Å²) >= 11 is 0. The van der Waals surface area contributed by atoms with Crippen molar-refractivity contribution in [3.63, 3.8) is 0 Å². The zero-order valence-corrected chi connectivity index (χ0v) is 19.8. The summed E-state index contributed by atoms with van der Waals surface area (Å²) in [5, 5.41) is 11.1. The van der Waals surface area contributed by atoms with E-state index in [1.165, 1.54) is 11.4 Å². The van der Waals surface area contributed by atoms with E-state index in [1.807, 2.05) is 72.8 Å². The molecule has 0 saturated heterocycles. The molecule has 1 aromatic heterocycles. The smallest absolute Gasteiger partial charge is 0.0991 e. The molecule has 6 rings (SSSR count). The molecule has 165 valence electrons. The number of nitrogens with zero attached hydrogens (tertiary/aromatic N) is 4. The van der Waals surface area contributed by atoms with Gasteiger partial charge in [0.2, 0.25) is 0 Å². The number of hydrogen-bond acceptors (Lipinski definition) is 3. The van der Waals surface area contributed by atoms with Gasteiger partial charge in [-0.15, -0.1) is 17.7 Å². The Hall–Kier alpha value is -3.75. The van der Waals surface area contributed by atoms with E-state index in [2.05, 4.69) is 70.3 Å². The molecule has 33 heavy (non-hydrogen) atoms. The quantitative estimate of drug-likeness (QED) is 0.171. The molecule has 1 aliphatic rings. The molecule has 0 N–H and O–H groups in total. The summed E-state index contributed by atoms with van der Waals surface area (Å²) < 4.78 is 0. The van der Waals surface area contributed by atoms with Crippen molar-refractivity contribution in [3.8, 4) is 6.07 Å². The average Bonchev–Trinajstić information content (AvgIpc) is 3.50. The van der Waals surface area contributed by atoms with E-state index in [4.69, 9.17) is 5.26 Å². The van der Waals surface area contributed by atoms with Crippen LogP contribution in [0.25, 0.3) is 21.8 Å². The predicted molar refractivity (Wildman–Crippen MR) is 131 cm³/mol. The van der Waals surface area contributed by atoms with Crippen molar-refractivity contribution in [3.05, 3.63) is 128 Å². The van der Waals surface area contributed by atoms with Crippen LogP contribution in [0, 0.1) is 18.0 Å². The first kappa shape index (κ1) is 22.4. The van der Waals surface area contributed by atoms with Crippen LogP contribution in [0.1, 0.15) is 5.56 Å². The summed E-state index contributed by atoms with van der Waals surface area (Å²) in [5.74, 6) is 0. The third-order valence-corrected chi connectivity index (χ3v) is 5.31. The maximum absolute atomic E-state index is 8.79. The van der Waals surface area contributed by atoms with E-state index >= 15 is 0 Å². The van der Waals surface area contributed by atoms with E-state index < -0.39 is 0 Å². The molecule has 0 fully saturated rings. The van der Waals surface area contributed by atoms with Gasteiger partial charge in [-0.2, -0.15) is 5.26 Å². The standard InChI is InChI=1S/C15H13N2.C13H7N2.Au/c1-3-7-14(8-4-1)16-11-12-17(13-16)15-9-5-2-6-10-15;14-8-9-5-6-11-10-3-1-2-4-12(10)15-13(11)7-9;/h1-13H;1-7H;/q2*-1;. The molecule has 5 heteroatoms. The second-order valence-electron chi connectivity index (χ2n) is 7.37. The van der Waals surface area contributed by atoms with Gasteiger partial charge in [0.1, 0.15) is 0 Å². The molecular weight excluding hydrogens is 589 g/mol. The SMILES string of the molecule is C1=CN(c2ccccc2)[CH-]N1c1ccccc1.N#Cc1ccc2c(c1)[n-]c1ccccc12.[Au]. The Kier molecular flexibility index (Phi) is 6.97. The van der Waals surface area contributed by atoms with Crippen LogP contribution in [-0.2, 0) is 22.4 Å². The van der Waals surface area contributed by atoms with Crippen LogP contribution in [0.5, 0.6) is 0 Å². The minimum atomic E-state index is 0. The molecular formula is C28H20AuN4-2. The number of fused-ring (bicyclic) bond motifs is 3. The van der Waals surface area contributed by atoms with Crippen molar-refractivity contribution in [1.82, 2.24) is 4.98 Å². The van der Waals surface area contributed by atoms with Gasteiger partial charge in [0, 0.05) is 33.8 Å². The second-order valence-corrected chi connectivity index (χ2v) is 7.37. The van der Waals surface area contributed by atoms with Gasteiger partial charge in [0.15, 0.2) is 0 Å². The number of nitriles is 1. The molecule has 4 nitrogen and oxygen atoms in total. The fraction of sp³-hybridized carbons (Fsp3) is 0. The van der Waals surface area contributed by atoms with Gasteiger partial charge < -0.3 is 14.8 Å². The molecule has 0 amide bonds. The van der Waals surface area contributed by atoms with Crippen LogP contribution >= 0.6 is 0 Å². The number of hydrogen-bond donors (Lipinski definition) is 0. The largest absolute Gasteiger partial charge is 0.657 e. The van der Waals surface area contributed by atoms with E-state index in [0.29, 0.717) is 5.56 Å². The van der Waals surface area contributed by atoms with Crippen LogP contribution in [0.2, 0.25) is 0 Å². The molecule has 0 atom stereocenters. The fourth-order valence-corrected chi connectivity index (χ4v) is 3.71. The Morgan fingerprint density at radius 1 is 0.636 bits per heavy atom. The minimum Gasteiger partial charge on any atom is -0.657 e. The van der Waals surface area contributed by atoms with Crippen molar-refractivity contribution in [2.75, 3.05) is 9.80 Å². The van der Waals surface area contributed by atoms with Gasteiger partial charge in [-0.25, -0.2) is 0 Å². The summed E-state index contributed by atoms with van der Waals surface area (Å²) in [4.78, 5) is 8.68. The number of anilines is 2. The summed E-state index contributed by atoms with van der Waals surface area (Å²) in [7, 11) is 0. The topological polar surface area (TPSA) is 44.4 Å². The number of aromatic nitrogens is 1. The van der Waals surface area contributed by atoms with Gasteiger partial charge in [0.25, 0.3) is 0 Å². The molecule has 5 aromatic rings. The Labute approximate surface area is 208 Å². The number of rotatable bonds is 2. The maximum atomic E-state index is 8.79. The zero-order chi connectivity index (χ0) is 21.8. The van der Waals surface area contributed by atoms with E-state index in [1.54, 1.807) is 0 Å². The Bertz CT molecular complexity index is 1370. The summed E-state index contributed by atoms with van der Waals surface area (Å²) in [6.45, 7) is 2.07. The normalized spacial score (nSPS) is 12.2. The Morgan fingerprint density at radius 3 is 1.79 bits per heavy atom. The van der Waals surface area contributed by atoms with Gasteiger partial charge in [-0.3, -0.25) is 0 Å². The third-order valence-electron chi connectivity index (χ3n) is 5.31. The first-order valence-electron chi connectivity index (χ1n) is 10.4. The van der Waals surface area contributed by atoms with Crippen LogP contribution in [-0.4, -0.2) is 0 Å². The van der Waals surface area contributed by atoms with E-state index in [9.17, 15) is 0 Å². The third kappa shape index (κ3) is 4.87. The van der Waals surface area contributed by atoms with Crippen molar-refractivity contribution in [2.24, 2.45) is 0 Å². The molecule has 0 unspecified atom stereocenters. The average molecular weight is 609 g/mol. The molecule has 0 spiro atoms. The molecule has 1 radical (unpaired) electrons. The van der Waals surface area contributed by atoms with E-state index in [0.717, 1.165) is 21.8 Å². The Morgan fingerprint density at radius 2 is 1.18 bits per heavy atom. The maximum Gasteiger partial charge on any atom is 0.0991 e. The van der Waals surface area contributed by atoms with Crippen LogP contribution in [0.4, 0.5) is 11.4 Å². The molecule has 0 aliphatic carbocycles. The van der Waals surface area contributed by atoms with Crippen LogP contribution in [0.3, 0.4) is 0 Å². The molecule has 4 aromatic carbocycles. The molecule has 0 saturated carbocycles. The Balaban J connectivity index is 0.000000153. The zero-order valence-electron chi connectivity index (χ0n) is 17.6. The molecule has 2 heterocycles. The fourth-order valence-electron chi connectivity index (χ4n) is 3.71. The van der Waals surface area contributed by atoms with Gasteiger partial charge in [-0.05, 0) is 53.5 Å². The van der Waals surface area contributed by atoms with Gasteiger partial charge in [-0.1, -0.05) is 72.8 Å². The van der Waals surface area contributed by atoms with Gasteiger partial charge in [0.05, 0.1) is 11.6 Å². The van der Waals surface area contributed by atoms with Gasteiger partial charge >= 0.3 is 0 Å². The summed E-state index contributed by atoms with van der Waals surface area (Å²) in [6, 6.07) is 36.4. The molecule has 0 bridgehead atoms.